The van der Waals surface area contributed by atoms with E-state index >= 15 is 0 Å². The van der Waals surface area contributed by atoms with Crippen LogP contribution in [0.4, 0.5) is 23.4 Å². The molecule has 0 bridgehead atoms. The number of likely N-dealkylation sites (N-methyl/N-ethyl adjacent to an activating group) is 1. The number of aromatic amines is 2. The molecule has 2 saturated heterocycles. The molecule has 0 spiro atoms. The Morgan fingerprint density at radius 3 is 2.32 bits per heavy atom. The third kappa shape index (κ3) is 8.53. The number of morpholine rings is 1. The quantitative estimate of drug-likeness (QED) is 0.0678. The molecule has 26 nitrogen and oxygen atoms in total. The molecule has 30 heteroatoms. The number of aliphatic hydroxyl groups is 1. The fourth-order valence-corrected chi connectivity index (χ4v) is 10.6. The minimum absolute atomic E-state index is 0.00393. The Kier molecular flexibility index (Phi) is 11.0. The first kappa shape index (κ1) is 39.4. The number of hydrogen-bond acceptors (Lipinski definition) is 21. The largest absolute Gasteiger partial charge is 0.478 e. The zero-order valence-electron chi connectivity index (χ0n) is 28.4. The van der Waals surface area contributed by atoms with Crippen LogP contribution in [0.2, 0.25) is 0 Å². The normalized spacial score (nSPS) is 28.5. The van der Waals surface area contributed by atoms with Gasteiger partial charge >= 0.3 is 15.6 Å². The Hall–Kier alpha value is -3.26. The van der Waals surface area contributed by atoms with E-state index in [-0.39, 0.29) is 47.8 Å². The predicted octanol–water partition coefficient (Wildman–Crippen LogP) is -2.78. The minimum Gasteiger partial charge on any atom is -0.387 e. The van der Waals surface area contributed by atoms with E-state index in [9.17, 15) is 38.2 Å². The Morgan fingerprint density at radius 1 is 1.00 bits per heavy atom. The van der Waals surface area contributed by atoms with Gasteiger partial charge in [0.2, 0.25) is 11.9 Å². The molecule has 6 rings (SSSR count). The van der Waals surface area contributed by atoms with Gasteiger partial charge in [-0.25, -0.2) is 22.7 Å². The molecule has 0 aliphatic carbocycles. The molecule has 53 heavy (non-hydrogen) atoms. The van der Waals surface area contributed by atoms with Crippen LogP contribution < -0.4 is 32.4 Å². The summed E-state index contributed by atoms with van der Waals surface area (Å²) in [4.78, 5) is 67.5. The number of ether oxygens (including phenoxy) is 3. The van der Waals surface area contributed by atoms with Crippen molar-refractivity contribution in [3.05, 3.63) is 27.0 Å². The lowest BCUT2D eigenvalue weighted by atomic mass is 10.1. The second-order valence-electron chi connectivity index (χ2n) is 12.4. The lowest BCUT2D eigenvalue weighted by Crippen LogP contribution is -2.55. The lowest BCUT2D eigenvalue weighted by Gasteiger charge is -2.40. The summed E-state index contributed by atoms with van der Waals surface area (Å²) in [6, 6.07) is 0. The SMILES string of the molecule is BP(=O)(OP(=O)(O)OC[C@@H]1CN(C)C[C@H](N2CN(C)c3c2nc(N)[nH]c3=O)O1)OP(=O)(O)OC[C@H]1O[C@@H](n2cnc3c(=O)[nH]c(N)nc32)[C@H](OC)[C@@H]1O. The summed E-state index contributed by atoms with van der Waals surface area (Å²) in [5, 5.41) is 10.8. The van der Waals surface area contributed by atoms with Gasteiger partial charge in [-0.1, -0.05) is 0 Å². The molecule has 3 aromatic heterocycles. The number of anilines is 4. The van der Waals surface area contributed by atoms with E-state index in [1.54, 1.807) is 23.9 Å². The fraction of sp³-hybridized carbons (Fsp3) is 0.609. The summed E-state index contributed by atoms with van der Waals surface area (Å²) in [6.07, 6.45) is -5.52. The first-order valence-corrected chi connectivity index (χ1v) is 20.5. The number of H-pyrrole nitrogens is 2. The number of imidazole rings is 1. The number of fused-ring (bicyclic) bond motifs is 2. The zero-order valence-corrected chi connectivity index (χ0v) is 31.1. The number of nitrogens with one attached hydrogen (secondary N) is 2. The van der Waals surface area contributed by atoms with E-state index in [0.29, 0.717) is 14.1 Å². The number of nitrogens with two attached hydrogens (primary N) is 2. The summed E-state index contributed by atoms with van der Waals surface area (Å²) in [7, 11) is -10.1. The average Bonchev–Trinajstić information content (AvgIpc) is 3.70. The number of phosphoric acid groups is 2. The smallest absolute Gasteiger partial charge is 0.387 e. The molecule has 3 aromatic rings. The van der Waals surface area contributed by atoms with Crippen molar-refractivity contribution in [2.24, 2.45) is 0 Å². The van der Waals surface area contributed by atoms with Crippen molar-refractivity contribution in [1.29, 1.82) is 0 Å². The second-order valence-corrected chi connectivity index (χ2v) is 17.6. The van der Waals surface area contributed by atoms with E-state index in [1.165, 1.54) is 18.0 Å². The van der Waals surface area contributed by atoms with Gasteiger partial charge in [0.15, 0.2) is 23.2 Å². The summed E-state index contributed by atoms with van der Waals surface area (Å²) in [6.45, 7) is -0.622. The zero-order chi connectivity index (χ0) is 38.6. The number of nitrogens with zero attached hydrogens (tertiary/aromatic N) is 7. The van der Waals surface area contributed by atoms with Crippen LogP contribution in [0.1, 0.15) is 6.23 Å². The van der Waals surface area contributed by atoms with E-state index in [4.69, 9.17) is 34.7 Å². The molecule has 0 aromatic carbocycles. The van der Waals surface area contributed by atoms with Gasteiger partial charge in [0.25, 0.3) is 26.2 Å². The highest BCUT2D eigenvalue weighted by atomic mass is 31.3. The van der Waals surface area contributed by atoms with E-state index in [2.05, 4.69) is 33.5 Å². The van der Waals surface area contributed by atoms with Crippen LogP contribution in [0.3, 0.4) is 0 Å². The van der Waals surface area contributed by atoms with Gasteiger partial charge in [-0.3, -0.25) is 42.6 Å². The van der Waals surface area contributed by atoms with Crippen LogP contribution in [0.25, 0.3) is 11.2 Å². The second kappa shape index (κ2) is 14.8. The van der Waals surface area contributed by atoms with Crippen molar-refractivity contribution in [2.75, 3.05) is 75.4 Å². The van der Waals surface area contributed by atoms with Gasteiger partial charge in [-0.2, -0.15) is 9.97 Å². The highest BCUT2D eigenvalue weighted by molar-refractivity contribution is 7.86. The predicted molar refractivity (Wildman–Crippen MR) is 184 cm³/mol. The highest BCUT2D eigenvalue weighted by Gasteiger charge is 2.48. The highest BCUT2D eigenvalue weighted by Crippen LogP contribution is 2.67. The van der Waals surface area contributed by atoms with Crippen LogP contribution in [0.15, 0.2) is 15.9 Å². The van der Waals surface area contributed by atoms with Gasteiger partial charge in [-0.15, -0.1) is 0 Å². The monoisotopic (exact) mass is 811 g/mol. The molecule has 0 radical (unpaired) electrons. The van der Waals surface area contributed by atoms with Gasteiger partial charge in [0, 0.05) is 27.2 Å². The summed E-state index contributed by atoms with van der Waals surface area (Å²) < 4.78 is 76.2. The number of aromatic nitrogens is 6. The number of methoxy groups -OCH3 is 1. The maximum Gasteiger partial charge on any atom is 0.478 e. The molecule has 3 unspecified atom stereocenters. The number of nitrogen functional groups attached to an aromatic ring is 2. The number of aliphatic hydroxyl groups excluding tert-OH is 1. The summed E-state index contributed by atoms with van der Waals surface area (Å²) >= 11 is 0. The maximum atomic E-state index is 13.0. The Balaban J connectivity index is 1.04. The Labute approximate surface area is 299 Å². The third-order valence-corrected chi connectivity index (χ3v) is 13.2. The van der Waals surface area contributed by atoms with Crippen molar-refractivity contribution in [1.82, 2.24) is 34.4 Å². The molecule has 0 amide bonds. The first-order chi connectivity index (χ1) is 24.8. The molecule has 292 valence electrons. The van der Waals surface area contributed by atoms with Crippen LogP contribution >= 0.6 is 23.1 Å². The molecule has 3 aliphatic rings. The van der Waals surface area contributed by atoms with Gasteiger partial charge in [0.1, 0.15) is 30.2 Å². The molecule has 6 heterocycles. The standard InChI is InChI=1S/C23H37BN11O15P3/c1-32-4-10(47-12(5-32)35-9-33(2)14-18(35)29-23(26)31-20(14)38)6-45-52(40,41)49-51(24,39)50-53(42,43)46-7-11-15(36)16(44-3)21(48-11)34-8-27-13-17(34)28-22(25)30-19(13)37/h8,10-12,15-16,21,36H,4-7,9,24H2,1-3H3,(H,40,41)(H,42,43)(H3,25,28,30,37)(H3,26,29,31,38)/t10-,11+,12+,15+,16+,21+,51?/m0/s1. The molecule has 2 fully saturated rings. The van der Waals surface area contributed by atoms with Crippen molar-refractivity contribution in [2.45, 2.75) is 36.9 Å². The average molecular weight is 811 g/mol. The van der Waals surface area contributed by atoms with Crippen molar-refractivity contribution < 1.29 is 60.5 Å². The topological polar surface area (TPSA) is 348 Å². The van der Waals surface area contributed by atoms with E-state index < -0.39 is 84.3 Å². The van der Waals surface area contributed by atoms with Crippen LogP contribution in [0, 0.1) is 0 Å². The van der Waals surface area contributed by atoms with Crippen molar-refractivity contribution >= 4 is 65.3 Å². The van der Waals surface area contributed by atoms with Crippen molar-refractivity contribution in [3.8, 4) is 0 Å². The fourth-order valence-electron chi connectivity index (χ4n) is 6.12. The summed E-state index contributed by atoms with van der Waals surface area (Å²) in [5.41, 5.74) is 10.5. The van der Waals surface area contributed by atoms with Gasteiger partial charge in [0.05, 0.1) is 32.3 Å². The molecule has 9 atom stereocenters. The third-order valence-electron chi connectivity index (χ3n) is 8.23. The van der Waals surface area contributed by atoms with E-state index in [1.807, 2.05) is 4.90 Å². The molecular formula is C23H37BN11O15P3. The summed E-state index contributed by atoms with van der Waals surface area (Å²) in [5.74, 6) is -0.0327. The van der Waals surface area contributed by atoms with Crippen LogP contribution in [-0.4, -0.2) is 142 Å². The van der Waals surface area contributed by atoms with E-state index in [0.717, 1.165) is 0 Å². The molecular weight excluding hydrogens is 774 g/mol. The number of rotatable bonds is 13. The number of hydrogen-bond donors (Lipinski definition) is 7. The minimum atomic E-state index is -5.33. The van der Waals surface area contributed by atoms with Gasteiger partial charge < -0.3 is 50.4 Å². The van der Waals surface area contributed by atoms with Crippen LogP contribution in [-0.2, 0) is 45.6 Å². The number of phosphoric ester groups is 2. The molecule has 9 N–H and O–H groups in total. The maximum absolute atomic E-state index is 13.0. The van der Waals surface area contributed by atoms with Gasteiger partial charge in [-0.05, 0) is 7.05 Å². The van der Waals surface area contributed by atoms with Crippen LogP contribution in [0.5, 0.6) is 0 Å². The molecule has 3 aliphatic heterocycles. The lowest BCUT2D eigenvalue weighted by molar-refractivity contribution is -0.0949. The first-order valence-electron chi connectivity index (χ1n) is 15.5. The molecule has 0 saturated carbocycles. The van der Waals surface area contributed by atoms with Crippen molar-refractivity contribution in [3.63, 3.8) is 0 Å². The Bertz CT molecular complexity index is 2120. The Morgan fingerprint density at radius 2 is 1.64 bits per heavy atom.